The van der Waals surface area contributed by atoms with Crippen molar-refractivity contribution in [1.29, 1.82) is 5.26 Å². The number of thioether (sulfide) groups is 1. The number of hydrogen-bond donors (Lipinski definition) is 1. The lowest BCUT2D eigenvalue weighted by Gasteiger charge is -2.04. The molecule has 0 saturated heterocycles. The van der Waals surface area contributed by atoms with Crippen molar-refractivity contribution in [3.8, 4) is 11.8 Å². The highest BCUT2D eigenvalue weighted by Crippen LogP contribution is 2.30. The minimum Gasteiger partial charge on any atom is -0.507 e. The fourth-order valence-corrected chi connectivity index (χ4v) is 2.26. The molecule has 1 heterocycles. The molecule has 0 spiro atoms. The molecule has 1 aromatic heterocycles. The summed E-state index contributed by atoms with van der Waals surface area (Å²) in [5, 5.41) is 18.3. The maximum absolute atomic E-state index is 9.60. The number of phenolic OH excluding ortho intramolecular Hbond substituents is 1. The smallest absolute Gasteiger partial charge is 0.140 e. The molecule has 0 aliphatic rings. The zero-order valence-electron chi connectivity index (χ0n) is 9.00. The first-order valence-corrected chi connectivity index (χ1v) is 6.04. The highest BCUT2D eigenvalue weighted by molar-refractivity contribution is 7.98. The molecule has 2 rings (SSSR count). The highest BCUT2D eigenvalue weighted by atomic mass is 32.2. The maximum Gasteiger partial charge on any atom is 0.140 e. The van der Waals surface area contributed by atoms with Crippen LogP contribution in [0.1, 0.15) is 11.3 Å². The number of para-hydroxylation sites is 1. The number of aromatic nitrogens is 1. The number of nitriles is 1. The third-order valence-corrected chi connectivity index (χ3v) is 3.33. The van der Waals surface area contributed by atoms with Gasteiger partial charge in [-0.3, -0.25) is 0 Å². The Morgan fingerprint density at radius 3 is 2.88 bits per heavy atom. The Labute approximate surface area is 104 Å². The first kappa shape index (κ1) is 11.5. The van der Waals surface area contributed by atoms with E-state index in [-0.39, 0.29) is 5.75 Å². The lowest BCUT2D eigenvalue weighted by Crippen LogP contribution is -1.86. The van der Waals surface area contributed by atoms with Crippen molar-refractivity contribution in [2.24, 2.45) is 0 Å². The molecule has 17 heavy (non-hydrogen) atoms. The monoisotopic (exact) mass is 242 g/mol. The molecule has 3 nitrogen and oxygen atoms in total. The Morgan fingerprint density at radius 2 is 2.12 bits per heavy atom. The van der Waals surface area contributed by atoms with Crippen LogP contribution in [0, 0.1) is 11.3 Å². The van der Waals surface area contributed by atoms with Gasteiger partial charge in [-0.15, -0.1) is 11.8 Å². The molecule has 84 valence electrons. The van der Waals surface area contributed by atoms with Crippen molar-refractivity contribution < 1.29 is 5.11 Å². The van der Waals surface area contributed by atoms with Gasteiger partial charge in [-0.25, -0.2) is 4.98 Å². The number of aromatic hydroxyl groups is 1. The van der Waals surface area contributed by atoms with E-state index >= 15 is 0 Å². The first-order valence-electron chi connectivity index (χ1n) is 5.05. The fraction of sp³-hybridized carbons (Fsp3) is 0.0769. The summed E-state index contributed by atoms with van der Waals surface area (Å²) in [4.78, 5) is 4.75. The van der Waals surface area contributed by atoms with E-state index in [9.17, 15) is 5.11 Å². The number of benzene rings is 1. The van der Waals surface area contributed by atoms with Crippen LogP contribution >= 0.6 is 11.8 Å². The normalized spacial score (nSPS) is 9.82. The van der Waals surface area contributed by atoms with Crippen molar-refractivity contribution in [3.05, 3.63) is 53.9 Å². The van der Waals surface area contributed by atoms with E-state index in [0.29, 0.717) is 11.4 Å². The zero-order chi connectivity index (χ0) is 12.1. The van der Waals surface area contributed by atoms with Crippen LogP contribution in [-0.2, 0) is 5.75 Å². The van der Waals surface area contributed by atoms with E-state index < -0.39 is 0 Å². The molecule has 0 bridgehead atoms. The molecular weight excluding hydrogens is 232 g/mol. The van der Waals surface area contributed by atoms with Crippen molar-refractivity contribution in [3.63, 3.8) is 0 Å². The fourth-order valence-electron chi connectivity index (χ4n) is 1.37. The van der Waals surface area contributed by atoms with Gasteiger partial charge in [0.1, 0.15) is 17.5 Å². The van der Waals surface area contributed by atoms with E-state index in [1.54, 1.807) is 24.4 Å². The molecule has 4 heteroatoms. The summed E-state index contributed by atoms with van der Waals surface area (Å²) in [5.74, 6) is 0.987. The summed E-state index contributed by atoms with van der Waals surface area (Å²) in [7, 11) is 0. The van der Waals surface area contributed by atoms with Crippen LogP contribution in [0.2, 0.25) is 0 Å². The Morgan fingerprint density at radius 1 is 1.29 bits per heavy atom. The summed E-state index contributed by atoms with van der Waals surface area (Å²) < 4.78 is 0. The van der Waals surface area contributed by atoms with Gasteiger partial charge >= 0.3 is 0 Å². The summed E-state index contributed by atoms with van der Waals surface area (Å²) in [6, 6.07) is 12.8. The summed E-state index contributed by atoms with van der Waals surface area (Å²) in [6.07, 6.45) is 1.62. The van der Waals surface area contributed by atoms with Gasteiger partial charge in [0.15, 0.2) is 0 Å². The second-order valence-corrected chi connectivity index (χ2v) is 4.43. The van der Waals surface area contributed by atoms with Gasteiger partial charge in [0, 0.05) is 16.8 Å². The SMILES string of the molecule is N#Cc1cc(CSc2ccccc2O)ccn1. The number of nitrogens with zero attached hydrogens (tertiary/aromatic N) is 2. The highest BCUT2D eigenvalue weighted by Gasteiger charge is 2.02. The topological polar surface area (TPSA) is 56.9 Å². The molecule has 0 aliphatic heterocycles. The van der Waals surface area contributed by atoms with Gasteiger partial charge < -0.3 is 5.11 Å². The molecule has 0 atom stereocenters. The van der Waals surface area contributed by atoms with Gasteiger partial charge in [0.2, 0.25) is 0 Å². The molecule has 0 aliphatic carbocycles. The summed E-state index contributed by atoms with van der Waals surface area (Å²) >= 11 is 1.53. The Balaban J connectivity index is 2.08. The van der Waals surface area contributed by atoms with E-state index in [4.69, 9.17) is 5.26 Å². The van der Waals surface area contributed by atoms with Crippen LogP contribution in [0.15, 0.2) is 47.5 Å². The summed E-state index contributed by atoms with van der Waals surface area (Å²) in [5.41, 5.74) is 1.44. The number of pyridine rings is 1. The quantitative estimate of drug-likeness (QED) is 0.841. The second kappa shape index (κ2) is 5.37. The minimum atomic E-state index is 0.284. The number of phenols is 1. The Hall–Kier alpha value is -1.99. The molecule has 1 N–H and O–H groups in total. The maximum atomic E-state index is 9.60. The average Bonchev–Trinajstić information content (AvgIpc) is 2.38. The minimum absolute atomic E-state index is 0.284. The largest absolute Gasteiger partial charge is 0.507 e. The van der Waals surface area contributed by atoms with Crippen LogP contribution in [-0.4, -0.2) is 10.1 Å². The molecular formula is C13H10N2OS. The van der Waals surface area contributed by atoms with Crippen molar-refractivity contribution >= 4 is 11.8 Å². The molecule has 0 radical (unpaired) electrons. The van der Waals surface area contributed by atoms with E-state index in [1.165, 1.54) is 11.8 Å². The molecule has 0 unspecified atom stereocenters. The Kier molecular flexibility index (Phi) is 3.63. The predicted octanol–water partition coefficient (Wildman–Crippen LogP) is 2.95. The predicted molar refractivity (Wildman–Crippen MR) is 66.6 cm³/mol. The van der Waals surface area contributed by atoms with Crippen molar-refractivity contribution in [2.75, 3.05) is 0 Å². The lowest BCUT2D eigenvalue weighted by molar-refractivity contribution is 0.462. The molecule has 0 saturated carbocycles. The molecule has 0 amide bonds. The molecule has 2 aromatic rings. The standard InChI is InChI=1S/C13H10N2OS/c14-8-11-7-10(5-6-15-11)9-17-13-4-2-1-3-12(13)16/h1-7,16H,9H2. The Bertz CT molecular complexity index is 563. The van der Waals surface area contributed by atoms with Crippen molar-refractivity contribution in [2.45, 2.75) is 10.6 Å². The van der Waals surface area contributed by atoms with Gasteiger partial charge in [-0.2, -0.15) is 5.26 Å². The van der Waals surface area contributed by atoms with Gasteiger partial charge in [-0.05, 0) is 29.8 Å². The molecule has 1 aromatic carbocycles. The lowest BCUT2D eigenvalue weighted by atomic mass is 10.2. The van der Waals surface area contributed by atoms with Gasteiger partial charge in [0.25, 0.3) is 0 Å². The number of hydrogen-bond acceptors (Lipinski definition) is 4. The second-order valence-electron chi connectivity index (χ2n) is 3.42. The van der Waals surface area contributed by atoms with Crippen LogP contribution < -0.4 is 0 Å². The van der Waals surface area contributed by atoms with Crippen LogP contribution in [0.25, 0.3) is 0 Å². The molecule has 0 fully saturated rings. The van der Waals surface area contributed by atoms with Gasteiger partial charge in [-0.1, -0.05) is 12.1 Å². The van der Waals surface area contributed by atoms with E-state index in [0.717, 1.165) is 10.5 Å². The first-order chi connectivity index (χ1) is 8.29. The summed E-state index contributed by atoms with van der Waals surface area (Å²) in [6.45, 7) is 0. The van der Waals surface area contributed by atoms with Crippen molar-refractivity contribution in [1.82, 2.24) is 4.98 Å². The van der Waals surface area contributed by atoms with Crippen LogP contribution in [0.3, 0.4) is 0 Å². The number of rotatable bonds is 3. The van der Waals surface area contributed by atoms with E-state index in [2.05, 4.69) is 4.98 Å². The average molecular weight is 242 g/mol. The van der Waals surface area contributed by atoms with Gasteiger partial charge in [0.05, 0.1) is 0 Å². The third-order valence-electron chi connectivity index (χ3n) is 2.20. The third kappa shape index (κ3) is 2.99. The zero-order valence-corrected chi connectivity index (χ0v) is 9.81. The van der Waals surface area contributed by atoms with E-state index in [1.807, 2.05) is 24.3 Å². The van der Waals surface area contributed by atoms with Crippen LogP contribution in [0.5, 0.6) is 5.75 Å². The van der Waals surface area contributed by atoms with Crippen LogP contribution in [0.4, 0.5) is 0 Å².